The molecule has 1 aromatic rings. The monoisotopic (exact) mass is 218 g/mol. The number of rotatable bonds is 3. The molecule has 0 saturated heterocycles. The fourth-order valence-corrected chi connectivity index (χ4v) is 1.01. The van der Waals surface area contributed by atoms with E-state index in [1.54, 1.807) is 0 Å². The number of nitriles is 1. The van der Waals surface area contributed by atoms with Crippen molar-refractivity contribution >= 4 is 17.6 Å². The quantitative estimate of drug-likeness (QED) is 0.804. The molecule has 1 unspecified atom stereocenters. The van der Waals surface area contributed by atoms with Gasteiger partial charge in [0.15, 0.2) is 0 Å². The molecule has 0 aromatic heterocycles. The van der Waals surface area contributed by atoms with Crippen molar-refractivity contribution in [3.63, 3.8) is 0 Å². The molecule has 5 heteroatoms. The summed E-state index contributed by atoms with van der Waals surface area (Å²) in [7, 11) is 0. The molecule has 0 aliphatic heterocycles. The number of anilines is 1. The van der Waals surface area contributed by atoms with Gasteiger partial charge in [-0.3, -0.25) is 4.79 Å². The Hall–Kier alpha value is -2.35. The van der Waals surface area contributed by atoms with Crippen LogP contribution in [0, 0.1) is 17.2 Å². The second-order valence-corrected chi connectivity index (χ2v) is 3.22. The van der Waals surface area contributed by atoms with E-state index >= 15 is 0 Å². The SMILES string of the molecule is CC(C#N)C(=O)Nc1ccc(C(=O)O)cc1. The number of carbonyl (C=O) groups excluding carboxylic acids is 1. The van der Waals surface area contributed by atoms with Crippen LogP contribution in [0.4, 0.5) is 5.69 Å². The molecule has 82 valence electrons. The molecule has 16 heavy (non-hydrogen) atoms. The van der Waals surface area contributed by atoms with Crippen molar-refractivity contribution in [3.8, 4) is 6.07 Å². The fourth-order valence-electron chi connectivity index (χ4n) is 1.01. The lowest BCUT2D eigenvalue weighted by atomic mass is 10.1. The minimum absolute atomic E-state index is 0.145. The van der Waals surface area contributed by atoms with E-state index in [-0.39, 0.29) is 5.56 Å². The number of benzene rings is 1. The summed E-state index contributed by atoms with van der Waals surface area (Å²) >= 11 is 0. The van der Waals surface area contributed by atoms with E-state index in [0.717, 1.165) is 0 Å². The van der Waals surface area contributed by atoms with Gasteiger partial charge >= 0.3 is 5.97 Å². The second-order valence-electron chi connectivity index (χ2n) is 3.22. The molecular weight excluding hydrogens is 208 g/mol. The van der Waals surface area contributed by atoms with Gasteiger partial charge in [0.2, 0.25) is 5.91 Å². The number of nitrogens with one attached hydrogen (secondary N) is 1. The van der Waals surface area contributed by atoms with Crippen molar-refractivity contribution in [2.24, 2.45) is 5.92 Å². The third-order valence-electron chi connectivity index (χ3n) is 1.99. The van der Waals surface area contributed by atoms with E-state index in [4.69, 9.17) is 10.4 Å². The summed E-state index contributed by atoms with van der Waals surface area (Å²) < 4.78 is 0. The molecule has 1 amide bonds. The van der Waals surface area contributed by atoms with Gasteiger partial charge in [-0.05, 0) is 31.2 Å². The Bertz CT molecular complexity index is 445. The maximum Gasteiger partial charge on any atom is 0.335 e. The van der Waals surface area contributed by atoms with E-state index in [0.29, 0.717) is 5.69 Å². The van der Waals surface area contributed by atoms with E-state index in [1.165, 1.54) is 31.2 Å². The van der Waals surface area contributed by atoms with Crippen LogP contribution < -0.4 is 5.32 Å². The molecule has 1 atom stereocenters. The number of carboxylic acid groups (broad SMARTS) is 1. The van der Waals surface area contributed by atoms with Gasteiger partial charge in [0, 0.05) is 5.69 Å². The van der Waals surface area contributed by atoms with Crippen molar-refractivity contribution in [2.45, 2.75) is 6.92 Å². The molecule has 0 heterocycles. The standard InChI is InChI=1S/C11H10N2O3/c1-7(6-12)10(14)13-9-4-2-8(3-5-9)11(15)16/h2-5,7H,1H3,(H,13,14)(H,15,16). The Morgan fingerprint density at radius 2 is 1.94 bits per heavy atom. The fraction of sp³-hybridized carbons (Fsp3) is 0.182. The van der Waals surface area contributed by atoms with Crippen LogP contribution in [0.1, 0.15) is 17.3 Å². The molecule has 0 aliphatic rings. The first-order valence-corrected chi connectivity index (χ1v) is 4.58. The Morgan fingerprint density at radius 1 is 1.38 bits per heavy atom. The van der Waals surface area contributed by atoms with E-state index in [2.05, 4.69) is 5.32 Å². The maximum absolute atomic E-state index is 11.3. The highest BCUT2D eigenvalue weighted by molar-refractivity contribution is 5.94. The zero-order chi connectivity index (χ0) is 12.1. The number of carboxylic acids is 1. The summed E-state index contributed by atoms with van der Waals surface area (Å²) in [6, 6.07) is 7.53. The predicted octanol–water partition coefficient (Wildman–Crippen LogP) is 1.48. The van der Waals surface area contributed by atoms with Crippen molar-refractivity contribution in [1.29, 1.82) is 5.26 Å². The lowest BCUT2D eigenvalue weighted by Gasteiger charge is -2.06. The van der Waals surface area contributed by atoms with Gasteiger partial charge in [0.05, 0.1) is 11.6 Å². The number of carbonyl (C=O) groups is 2. The largest absolute Gasteiger partial charge is 0.478 e. The van der Waals surface area contributed by atoms with Gasteiger partial charge < -0.3 is 10.4 Å². The maximum atomic E-state index is 11.3. The lowest BCUT2D eigenvalue weighted by Crippen LogP contribution is -2.18. The van der Waals surface area contributed by atoms with E-state index < -0.39 is 17.8 Å². The number of nitrogens with zero attached hydrogens (tertiary/aromatic N) is 1. The number of hydrogen-bond acceptors (Lipinski definition) is 3. The smallest absolute Gasteiger partial charge is 0.335 e. The first kappa shape index (κ1) is 11.7. The molecule has 0 spiro atoms. The summed E-state index contributed by atoms with van der Waals surface area (Å²) in [5.41, 5.74) is 0.614. The van der Waals surface area contributed by atoms with Crippen molar-refractivity contribution < 1.29 is 14.7 Å². The Balaban J connectivity index is 2.73. The Kier molecular flexibility index (Phi) is 3.62. The van der Waals surface area contributed by atoms with Gasteiger partial charge in [-0.15, -0.1) is 0 Å². The molecule has 2 N–H and O–H groups in total. The van der Waals surface area contributed by atoms with Crippen molar-refractivity contribution in [1.82, 2.24) is 0 Å². The van der Waals surface area contributed by atoms with Crippen molar-refractivity contribution in [3.05, 3.63) is 29.8 Å². The van der Waals surface area contributed by atoms with Crippen LogP contribution in [0.15, 0.2) is 24.3 Å². The van der Waals surface area contributed by atoms with Crippen molar-refractivity contribution in [2.75, 3.05) is 5.32 Å². The molecule has 5 nitrogen and oxygen atoms in total. The van der Waals surface area contributed by atoms with Crippen LogP contribution in [0.3, 0.4) is 0 Å². The molecule has 1 aromatic carbocycles. The van der Waals surface area contributed by atoms with Crippen LogP contribution in [0.5, 0.6) is 0 Å². The molecule has 1 rings (SSSR count). The van der Waals surface area contributed by atoms with Crippen LogP contribution in [0.2, 0.25) is 0 Å². The first-order chi connectivity index (χ1) is 7.54. The number of amides is 1. The molecule has 0 fully saturated rings. The molecule has 0 saturated carbocycles. The second kappa shape index (κ2) is 4.94. The van der Waals surface area contributed by atoms with Gasteiger partial charge in [0.25, 0.3) is 0 Å². The highest BCUT2D eigenvalue weighted by Gasteiger charge is 2.11. The van der Waals surface area contributed by atoms with Crippen LogP contribution in [-0.4, -0.2) is 17.0 Å². The third kappa shape index (κ3) is 2.82. The van der Waals surface area contributed by atoms with Crippen LogP contribution >= 0.6 is 0 Å². The number of aromatic carboxylic acids is 1. The zero-order valence-electron chi connectivity index (χ0n) is 8.60. The third-order valence-corrected chi connectivity index (χ3v) is 1.99. The lowest BCUT2D eigenvalue weighted by molar-refractivity contribution is -0.117. The zero-order valence-corrected chi connectivity index (χ0v) is 8.60. The van der Waals surface area contributed by atoms with E-state index in [1.807, 2.05) is 6.07 Å². The summed E-state index contributed by atoms with van der Waals surface area (Å²) in [6.07, 6.45) is 0. The minimum Gasteiger partial charge on any atom is -0.478 e. The van der Waals surface area contributed by atoms with Gasteiger partial charge in [-0.1, -0.05) is 0 Å². The van der Waals surface area contributed by atoms with Crippen LogP contribution in [-0.2, 0) is 4.79 Å². The summed E-state index contributed by atoms with van der Waals surface area (Å²) in [6.45, 7) is 1.49. The first-order valence-electron chi connectivity index (χ1n) is 4.58. The summed E-state index contributed by atoms with van der Waals surface area (Å²) in [5.74, 6) is -2.17. The number of hydrogen-bond donors (Lipinski definition) is 2. The summed E-state index contributed by atoms with van der Waals surface area (Å²) in [4.78, 5) is 21.9. The van der Waals surface area contributed by atoms with E-state index in [9.17, 15) is 9.59 Å². The highest BCUT2D eigenvalue weighted by atomic mass is 16.4. The molecule has 0 bridgehead atoms. The van der Waals surface area contributed by atoms with Gasteiger partial charge in [0.1, 0.15) is 5.92 Å². The average molecular weight is 218 g/mol. The molecule has 0 aliphatic carbocycles. The average Bonchev–Trinajstić information content (AvgIpc) is 2.28. The predicted molar refractivity (Wildman–Crippen MR) is 56.8 cm³/mol. The van der Waals surface area contributed by atoms with Gasteiger partial charge in [-0.25, -0.2) is 4.79 Å². The topological polar surface area (TPSA) is 90.2 Å². The highest BCUT2D eigenvalue weighted by Crippen LogP contribution is 2.10. The molecule has 0 radical (unpaired) electrons. The minimum atomic E-state index is -1.02. The Morgan fingerprint density at radius 3 is 2.38 bits per heavy atom. The summed E-state index contributed by atoms with van der Waals surface area (Å²) in [5, 5.41) is 19.7. The Labute approximate surface area is 92.3 Å². The normalized spacial score (nSPS) is 11.2. The van der Waals surface area contributed by atoms with Crippen LogP contribution in [0.25, 0.3) is 0 Å². The van der Waals surface area contributed by atoms with Gasteiger partial charge in [-0.2, -0.15) is 5.26 Å². The molecular formula is C11H10N2O3.